The number of aliphatic carboxylic acids is 1. The van der Waals surface area contributed by atoms with Gasteiger partial charge in [0.2, 0.25) is 5.76 Å². The van der Waals surface area contributed by atoms with Gasteiger partial charge in [-0.2, -0.15) is 0 Å². The fourth-order valence-electron chi connectivity index (χ4n) is 2.67. The van der Waals surface area contributed by atoms with Crippen molar-refractivity contribution in [1.29, 1.82) is 0 Å². The molecule has 0 aliphatic heterocycles. The first-order valence-corrected chi connectivity index (χ1v) is 6.90. The van der Waals surface area contributed by atoms with Crippen LogP contribution in [0.1, 0.15) is 36.5 Å². The van der Waals surface area contributed by atoms with Gasteiger partial charge in [-0.25, -0.2) is 4.79 Å². The average Bonchev–Trinajstić information content (AvgIpc) is 2.46. The summed E-state index contributed by atoms with van der Waals surface area (Å²) in [5.74, 6) is -1.10. The Morgan fingerprint density at radius 2 is 2.00 bits per heavy atom. The molecule has 1 aromatic rings. The molecule has 0 fully saturated rings. The van der Waals surface area contributed by atoms with Gasteiger partial charge in [-0.3, -0.25) is 0 Å². The number of ether oxygens (including phenoxy) is 1. The van der Waals surface area contributed by atoms with E-state index in [0.717, 1.165) is 18.4 Å². The molecule has 0 heterocycles. The molecule has 3 heteroatoms. The number of aryl methyl sites for hydroxylation is 1. The van der Waals surface area contributed by atoms with Gasteiger partial charge < -0.3 is 9.84 Å². The third-order valence-corrected chi connectivity index (χ3v) is 3.74. The summed E-state index contributed by atoms with van der Waals surface area (Å²) < 4.78 is 4.83. The summed E-state index contributed by atoms with van der Waals surface area (Å²) in [4.78, 5) is 10.9. The molecule has 0 radical (unpaired) electrons. The largest absolute Gasteiger partial charge is 0.490 e. The number of carboxylic acid groups (broad SMARTS) is 1. The van der Waals surface area contributed by atoms with Crippen LogP contribution >= 0.6 is 0 Å². The predicted molar refractivity (Wildman–Crippen MR) is 79.5 cm³/mol. The molecule has 0 bridgehead atoms. The number of hydrogen-bond acceptors (Lipinski definition) is 2. The van der Waals surface area contributed by atoms with E-state index in [1.54, 1.807) is 0 Å². The molecule has 0 aromatic heterocycles. The van der Waals surface area contributed by atoms with Gasteiger partial charge in [0, 0.05) is 0 Å². The van der Waals surface area contributed by atoms with Crippen LogP contribution in [-0.4, -0.2) is 18.2 Å². The standard InChI is InChI=1S/C17H20O3/c1-12(10-11-16(20-2)17(18)19)14-9-5-7-13-6-3-4-8-15(13)14/h5,7,9-11H,3-4,6,8H2,1-2H3,(H,18,19). The number of fused-ring (bicyclic) bond motifs is 1. The zero-order valence-corrected chi connectivity index (χ0v) is 12.0. The molecule has 0 amide bonds. The molecule has 0 saturated heterocycles. The van der Waals surface area contributed by atoms with Crippen molar-refractivity contribution in [2.45, 2.75) is 32.6 Å². The van der Waals surface area contributed by atoms with Gasteiger partial charge in [0.1, 0.15) is 0 Å². The first-order chi connectivity index (χ1) is 9.63. The average molecular weight is 272 g/mol. The van der Waals surface area contributed by atoms with Crippen LogP contribution in [0.3, 0.4) is 0 Å². The zero-order chi connectivity index (χ0) is 14.5. The van der Waals surface area contributed by atoms with Crippen LogP contribution in [0.15, 0.2) is 36.1 Å². The molecule has 0 saturated carbocycles. The lowest BCUT2D eigenvalue weighted by Crippen LogP contribution is -2.05. The Balaban J connectivity index is 2.34. The number of allylic oxidation sites excluding steroid dienone is 3. The van der Waals surface area contributed by atoms with Gasteiger partial charge in [0.15, 0.2) is 0 Å². The fraction of sp³-hybridized carbons (Fsp3) is 0.353. The summed E-state index contributed by atoms with van der Waals surface area (Å²) >= 11 is 0. The summed E-state index contributed by atoms with van der Waals surface area (Å²) in [5, 5.41) is 8.93. The minimum atomic E-state index is -1.05. The van der Waals surface area contributed by atoms with E-state index >= 15 is 0 Å². The number of rotatable bonds is 4. The molecular formula is C17H20O3. The summed E-state index contributed by atoms with van der Waals surface area (Å²) in [6, 6.07) is 6.38. The molecule has 20 heavy (non-hydrogen) atoms. The van der Waals surface area contributed by atoms with Crippen LogP contribution in [0.2, 0.25) is 0 Å². The Bertz CT molecular complexity index is 568. The lowest BCUT2D eigenvalue weighted by atomic mass is 9.86. The minimum absolute atomic E-state index is 0.0471. The van der Waals surface area contributed by atoms with Crippen molar-refractivity contribution in [3.63, 3.8) is 0 Å². The van der Waals surface area contributed by atoms with Crippen molar-refractivity contribution >= 4 is 11.5 Å². The Hall–Kier alpha value is -2.03. The van der Waals surface area contributed by atoms with E-state index in [4.69, 9.17) is 9.84 Å². The smallest absolute Gasteiger partial charge is 0.371 e. The Kier molecular flexibility index (Phi) is 4.61. The number of hydrogen-bond donors (Lipinski definition) is 1. The molecule has 1 N–H and O–H groups in total. The maximum absolute atomic E-state index is 10.9. The van der Waals surface area contributed by atoms with Crippen molar-refractivity contribution in [3.8, 4) is 0 Å². The fourth-order valence-corrected chi connectivity index (χ4v) is 2.67. The van der Waals surface area contributed by atoms with Crippen molar-refractivity contribution in [2.24, 2.45) is 0 Å². The molecule has 3 nitrogen and oxygen atoms in total. The number of benzene rings is 1. The monoisotopic (exact) mass is 272 g/mol. The van der Waals surface area contributed by atoms with Gasteiger partial charge in [-0.15, -0.1) is 0 Å². The molecule has 106 valence electrons. The van der Waals surface area contributed by atoms with Crippen molar-refractivity contribution in [2.75, 3.05) is 7.11 Å². The summed E-state index contributed by atoms with van der Waals surface area (Å²) in [5.41, 5.74) is 5.13. The highest BCUT2D eigenvalue weighted by Crippen LogP contribution is 2.28. The molecular weight excluding hydrogens is 252 g/mol. The molecule has 1 aliphatic carbocycles. The molecule has 1 aromatic carbocycles. The number of carbonyl (C=O) groups is 1. The van der Waals surface area contributed by atoms with Gasteiger partial charge in [0.05, 0.1) is 7.11 Å². The van der Waals surface area contributed by atoms with Gasteiger partial charge in [-0.05, 0) is 60.9 Å². The van der Waals surface area contributed by atoms with E-state index in [9.17, 15) is 4.79 Å². The Morgan fingerprint density at radius 1 is 1.25 bits per heavy atom. The third-order valence-electron chi connectivity index (χ3n) is 3.74. The van der Waals surface area contributed by atoms with Crippen molar-refractivity contribution in [1.82, 2.24) is 0 Å². The highest BCUT2D eigenvalue weighted by molar-refractivity contribution is 5.85. The zero-order valence-electron chi connectivity index (χ0n) is 12.0. The van der Waals surface area contributed by atoms with Crippen LogP contribution in [0.25, 0.3) is 5.57 Å². The predicted octanol–water partition coefficient (Wildman–Crippen LogP) is 3.58. The number of methoxy groups -OCH3 is 1. The summed E-state index contributed by atoms with van der Waals surface area (Å²) in [7, 11) is 1.37. The first kappa shape index (κ1) is 14.4. The van der Waals surface area contributed by atoms with E-state index in [0.29, 0.717) is 0 Å². The van der Waals surface area contributed by atoms with Gasteiger partial charge >= 0.3 is 5.97 Å². The topological polar surface area (TPSA) is 46.5 Å². The lowest BCUT2D eigenvalue weighted by molar-refractivity contribution is -0.136. The van der Waals surface area contributed by atoms with Crippen LogP contribution in [0.4, 0.5) is 0 Å². The summed E-state index contributed by atoms with van der Waals surface area (Å²) in [6.45, 7) is 2.01. The van der Waals surface area contributed by atoms with Crippen molar-refractivity contribution < 1.29 is 14.6 Å². The Morgan fingerprint density at radius 3 is 2.70 bits per heavy atom. The van der Waals surface area contributed by atoms with Crippen LogP contribution in [0, 0.1) is 0 Å². The summed E-state index contributed by atoms with van der Waals surface area (Å²) in [6.07, 6.45) is 8.07. The molecule has 1 aliphatic rings. The maximum atomic E-state index is 10.9. The third kappa shape index (κ3) is 3.10. The highest BCUT2D eigenvalue weighted by atomic mass is 16.5. The van der Waals surface area contributed by atoms with E-state index in [2.05, 4.69) is 18.2 Å². The molecule has 2 rings (SSSR count). The van der Waals surface area contributed by atoms with E-state index in [-0.39, 0.29) is 5.76 Å². The minimum Gasteiger partial charge on any atom is -0.490 e. The van der Waals surface area contributed by atoms with Crippen molar-refractivity contribution in [3.05, 3.63) is 52.8 Å². The maximum Gasteiger partial charge on any atom is 0.371 e. The lowest BCUT2D eigenvalue weighted by Gasteiger charge is -2.19. The first-order valence-electron chi connectivity index (χ1n) is 6.90. The quantitative estimate of drug-likeness (QED) is 0.517. The molecule has 0 spiro atoms. The Labute approximate surface area is 119 Å². The highest BCUT2D eigenvalue weighted by Gasteiger charge is 2.13. The van der Waals surface area contributed by atoms with E-state index in [1.807, 2.05) is 13.0 Å². The second kappa shape index (κ2) is 6.42. The molecule has 0 atom stereocenters. The normalized spacial score (nSPS) is 15.7. The van der Waals surface area contributed by atoms with Gasteiger partial charge in [-0.1, -0.05) is 24.3 Å². The second-order valence-electron chi connectivity index (χ2n) is 5.04. The second-order valence-corrected chi connectivity index (χ2v) is 5.04. The molecule has 0 unspecified atom stereocenters. The van der Waals surface area contributed by atoms with Crippen LogP contribution < -0.4 is 0 Å². The van der Waals surface area contributed by atoms with Gasteiger partial charge in [0.25, 0.3) is 0 Å². The van der Waals surface area contributed by atoms with Crippen LogP contribution in [-0.2, 0) is 22.4 Å². The SMILES string of the molecule is COC(=CC=C(C)c1cccc2c1CCCC2)C(=O)O. The van der Waals surface area contributed by atoms with Crippen LogP contribution in [0.5, 0.6) is 0 Å². The number of carboxylic acids is 1. The van der Waals surface area contributed by atoms with E-state index in [1.165, 1.54) is 42.7 Å². The van der Waals surface area contributed by atoms with E-state index < -0.39 is 5.97 Å².